The van der Waals surface area contributed by atoms with Gasteiger partial charge in [0.25, 0.3) is 0 Å². The third-order valence-corrected chi connectivity index (χ3v) is 4.27. The predicted octanol–water partition coefficient (Wildman–Crippen LogP) is 2.14. The van der Waals surface area contributed by atoms with Gasteiger partial charge in [-0.2, -0.15) is 0 Å². The van der Waals surface area contributed by atoms with Crippen LogP contribution in [0.25, 0.3) is 0 Å². The molecule has 1 aromatic rings. The third kappa shape index (κ3) is 4.55. The molecule has 0 bridgehead atoms. The van der Waals surface area contributed by atoms with Crippen molar-refractivity contribution >= 4 is 5.97 Å². The molecule has 4 nitrogen and oxygen atoms in total. The second-order valence-electron chi connectivity index (χ2n) is 5.65. The summed E-state index contributed by atoms with van der Waals surface area (Å²) < 4.78 is 4.77. The summed E-state index contributed by atoms with van der Waals surface area (Å²) in [4.78, 5) is 14.0. The number of aliphatic hydroxyl groups is 1. The topological polar surface area (TPSA) is 49.8 Å². The molecule has 116 valence electrons. The minimum atomic E-state index is -0.201. The molecule has 1 heterocycles. The average molecular weight is 291 g/mol. The highest BCUT2D eigenvalue weighted by Crippen LogP contribution is 2.23. The molecule has 21 heavy (non-hydrogen) atoms. The highest BCUT2D eigenvalue weighted by atomic mass is 16.5. The molecule has 0 amide bonds. The summed E-state index contributed by atoms with van der Waals surface area (Å²) in [5.41, 5.74) is 2.23. The fourth-order valence-corrected chi connectivity index (χ4v) is 3.07. The Morgan fingerprint density at radius 1 is 1.33 bits per heavy atom. The Bertz CT molecular complexity index is 459. The number of aliphatic hydroxyl groups excluding tert-OH is 1. The number of likely N-dealkylation sites (tertiary alicyclic amines) is 1. The SMILES string of the molecule is COC(=O)Cc1ccccc1CN1CCCCC1CCO. The lowest BCUT2D eigenvalue weighted by atomic mass is 9.97. The van der Waals surface area contributed by atoms with Crippen LogP contribution >= 0.6 is 0 Å². The number of methoxy groups -OCH3 is 1. The number of benzene rings is 1. The quantitative estimate of drug-likeness (QED) is 0.816. The number of hydrogen-bond donors (Lipinski definition) is 1. The molecular formula is C17H25NO3. The molecule has 1 atom stereocenters. The van der Waals surface area contributed by atoms with Gasteiger partial charge in [-0.05, 0) is 36.9 Å². The maximum atomic E-state index is 11.5. The lowest BCUT2D eigenvalue weighted by Gasteiger charge is -2.36. The standard InChI is InChI=1S/C17H25NO3/c1-21-17(20)12-14-6-2-3-7-15(14)13-18-10-5-4-8-16(18)9-11-19/h2-3,6-7,16,19H,4-5,8-13H2,1H3. The first-order valence-electron chi connectivity index (χ1n) is 7.73. The summed E-state index contributed by atoms with van der Waals surface area (Å²) in [5, 5.41) is 9.22. The van der Waals surface area contributed by atoms with Crippen LogP contribution in [0.4, 0.5) is 0 Å². The Kier molecular flexibility index (Phi) is 6.21. The van der Waals surface area contributed by atoms with E-state index in [1.807, 2.05) is 18.2 Å². The maximum Gasteiger partial charge on any atom is 0.309 e. The largest absolute Gasteiger partial charge is 0.469 e. The van der Waals surface area contributed by atoms with E-state index in [-0.39, 0.29) is 12.6 Å². The van der Waals surface area contributed by atoms with Gasteiger partial charge in [0.1, 0.15) is 0 Å². The van der Waals surface area contributed by atoms with Crippen molar-refractivity contribution in [3.8, 4) is 0 Å². The third-order valence-electron chi connectivity index (χ3n) is 4.27. The summed E-state index contributed by atoms with van der Waals surface area (Å²) >= 11 is 0. The van der Waals surface area contributed by atoms with Gasteiger partial charge in [0, 0.05) is 19.2 Å². The minimum absolute atomic E-state index is 0.201. The molecule has 0 spiro atoms. The van der Waals surface area contributed by atoms with Gasteiger partial charge in [0.2, 0.25) is 0 Å². The fourth-order valence-electron chi connectivity index (χ4n) is 3.07. The Labute approximate surface area is 126 Å². The summed E-state index contributed by atoms with van der Waals surface area (Å²) in [6, 6.07) is 8.51. The number of carbonyl (C=O) groups excluding carboxylic acids is 1. The van der Waals surface area contributed by atoms with Crippen molar-refractivity contribution in [2.24, 2.45) is 0 Å². The second-order valence-corrected chi connectivity index (χ2v) is 5.65. The van der Waals surface area contributed by atoms with E-state index in [1.54, 1.807) is 0 Å². The molecule has 1 aliphatic heterocycles. The first-order chi connectivity index (χ1) is 10.2. The Balaban J connectivity index is 2.08. The van der Waals surface area contributed by atoms with Crippen LogP contribution in [0.5, 0.6) is 0 Å². The van der Waals surface area contributed by atoms with Gasteiger partial charge in [0.05, 0.1) is 13.5 Å². The Morgan fingerprint density at radius 2 is 2.10 bits per heavy atom. The van der Waals surface area contributed by atoms with E-state index in [0.29, 0.717) is 12.5 Å². The van der Waals surface area contributed by atoms with Gasteiger partial charge in [-0.1, -0.05) is 30.7 Å². The van der Waals surface area contributed by atoms with Crippen molar-refractivity contribution in [3.63, 3.8) is 0 Å². The van der Waals surface area contributed by atoms with Crippen LogP contribution in [0.1, 0.15) is 36.8 Å². The molecule has 1 aromatic carbocycles. The summed E-state index contributed by atoms with van der Waals surface area (Å²) in [6.45, 7) is 2.15. The molecule has 1 saturated heterocycles. The number of hydrogen-bond acceptors (Lipinski definition) is 4. The number of piperidine rings is 1. The molecule has 0 saturated carbocycles. The van der Waals surface area contributed by atoms with E-state index in [1.165, 1.54) is 25.5 Å². The number of nitrogens with zero attached hydrogens (tertiary/aromatic N) is 1. The lowest BCUT2D eigenvalue weighted by molar-refractivity contribution is -0.139. The van der Waals surface area contributed by atoms with E-state index in [0.717, 1.165) is 31.5 Å². The summed E-state index contributed by atoms with van der Waals surface area (Å²) in [7, 11) is 1.42. The van der Waals surface area contributed by atoms with E-state index < -0.39 is 0 Å². The molecule has 1 fully saturated rings. The van der Waals surface area contributed by atoms with Crippen molar-refractivity contribution in [3.05, 3.63) is 35.4 Å². The van der Waals surface area contributed by atoms with Crippen LogP contribution in [0, 0.1) is 0 Å². The van der Waals surface area contributed by atoms with Crippen LogP contribution in [-0.4, -0.2) is 42.3 Å². The molecule has 4 heteroatoms. The van der Waals surface area contributed by atoms with Gasteiger partial charge in [0.15, 0.2) is 0 Å². The Morgan fingerprint density at radius 3 is 2.81 bits per heavy atom. The summed E-state index contributed by atoms with van der Waals surface area (Å²) in [6.07, 6.45) is 4.76. The summed E-state index contributed by atoms with van der Waals surface area (Å²) in [5.74, 6) is -0.201. The minimum Gasteiger partial charge on any atom is -0.469 e. The van der Waals surface area contributed by atoms with Crippen LogP contribution < -0.4 is 0 Å². The van der Waals surface area contributed by atoms with Crippen LogP contribution in [0.15, 0.2) is 24.3 Å². The van der Waals surface area contributed by atoms with Gasteiger partial charge in [-0.25, -0.2) is 0 Å². The highest BCUT2D eigenvalue weighted by molar-refractivity contribution is 5.72. The van der Waals surface area contributed by atoms with Crippen molar-refractivity contribution < 1.29 is 14.6 Å². The van der Waals surface area contributed by atoms with Gasteiger partial charge in [-0.3, -0.25) is 9.69 Å². The van der Waals surface area contributed by atoms with E-state index in [4.69, 9.17) is 4.74 Å². The smallest absolute Gasteiger partial charge is 0.309 e. The molecule has 0 aromatic heterocycles. The second kappa shape index (κ2) is 8.15. The first kappa shape index (κ1) is 16.0. The van der Waals surface area contributed by atoms with Crippen LogP contribution in [-0.2, 0) is 22.5 Å². The molecule has 1 N–H and O–H groups in total. The van der Waals surface area contributed by atoms with E-state index in [9.17, 15) is 9.90 Å². The van der Waals surface area contributed by atoms with Crippen molar-refractivity contribution in [1.29, 1.82) is 0 Å². The number of esters is 1. The van der Waals surface area contributed by atoms with E-state index in [2.05, 4.69) is 11.0 Å². The number of carbonyl (C=O) groups is 1. The lowest BCUT2D eigenvalue weighted by Crippen LogP contribution is -2.39. The number of ether oxygens (including phenoxy) is 1. The van der Waals surface area contributed by atoms with Gasteiger partial charge >= 0.3 is 5.97 Å². The normalized spacial score (nSPS) is 19.4. The van der Waals surface area contributed by atoms with Crippen molar-refractivity contribution in [1.82, 2.24) is 4.90 Å². The molecule has 1 unspecified atom stereocenters. The highest BCUT2D eigenvalue weighted by Gasteiger charge is 2.22. The monoisotopic (exact) mass is 291 g/mol. The van der Waals surface area contributed by atoms with Crippen molar-refractivity contribution in [2.75, 3.05) is 20.3 Å². The van der Waals surface area contributed by atoms with Crippen LogP contribution in [0.2, 0.25) is 0 Å². The zero-order valence-corrected chi connectivity index (χ0v) is 12.8. The predicted molar refractivity (Wildman–Crippen MR) is 81.9 cm³/mol. The molecule has 2 rings (SSSR count). The first-order valence-corrected chi connectivity index (χ1v) is 7.73. The van der Waals surface area contributed by atoms with Gasteiger partial charge < -0.3 is 9.84 Å². The average Bonchev–Trinajstić information content (AvgIpc) is 2.51. The van der Waals surface area contributed by atoms with Crippen LogP contribution in [0.3, 0.4) is 0 Å². The van der Waals surface area contributed by atoms with Gasteiger partial charge in [-0.15, -0.1) is 0 Å². The van der Waals surface area contributed by atoms with Crippen molar-refractivity contribution in [2.45, 2.75) is 44.7 Å². The molecular weight excluding hydrogens is 266 g/mol. The zero-order valence-electron chi connectivity index (χ0n) is 12.8. The zero-order chi connectivity index (χ0) is 15.1. The number of rotatable bonds is 6. The maximum absolute atomic E-state index is 11.5. The van der Waals surface area contributed by atoms with E-state index >= 15 is 0 Å². The fraction of sp³-hybridized carbons (Fsp3) is 0.588. The molecule has 0 radical (unpaired) electrons. The molecule has 1 aliphatic rings. The molecule has 0 aliphatic carbocycles. The Hall–Kier alpha value is -1.39.